The minimum Gasteiger partial charge on any atom is -0.463 e. The molecule has 0 N–H and O–H groups in total. The lowest BCUT2D eigenvalue weighted by atomic mass is 9.76. The van der Waals surface area contributed by atoms with E-state index in [-0.39, 0.29) is 12.1 Å². The minimum absolute atomic E-state index is 0.0104. The normalized spacial score (nSPS) is 22.7. The lowest BCUT2D eigenvalue weighted by Crippen LogP contribution is -2.41. The maximum atomic E-state index is 12.6. The average Bonchev–Trinajstić information content (AvgIpc) is 3.05. The predicted molar refractivity (Wildman–Crippen MR) is 87.9 cm³/mol. The van der Waals surface area contributed by atoms with Crippen LogP contribution >= 0.6 is 0 Å². The second kappa shape index (κ2) is 8.48. The Bertz CT molecular complexity index is 427. The first-order valence-corrected chi connectivity index (χ1v) is 8.43. The molecule has 0 aromatic rings. The number of carbonyl (C=O) groups excluding carboxylic acids is 2. The van der Waals surface area contributed by atoms with Gasteiger partial charge in [0.1, 0.15) is 12.2 Å². The standard InChI is InChI=1S/C18H30O5/c1-6-15(19)23-18(5,8-3)13-17(4,7-2)16(20)22-12-14-10-9-11-21-14/h6,14H,1,7-13H2,2-5H3. The third-order valence-corrected chi connectivity index (χ3v) is 4.72. The molecule has 0 aliphatic carbocycles. The first-order chi connectivity index (χ1) is 10.8. The van der Waals surface area contributed by atoms with Crippen molar-refractivity contribution in [3.8, 4) is 0 Å². The lowest BCUT2D eigenvalue weighted by Gasteiger charge is -2.36. The molecule has 0 saturated carbocycles. The van der Waals surface area contributed by atoms with Gasteiger partial charge < -0.3 is 14.2 Å². The van der Waals surface area contributed by atoms with E-state index in [0.717, 1.165) is 25.5 Å². The van der Waals surface area contributed by atoms with E-state index in [1.54, 1.807) is 0 Å². The third kappa shape index (κ3) is 5.65. The summed E-state index contributed by atoms with van der Waals surface area (Å²) in [7, 11) is 0. The number of rotatable bonds is 9. The molecule has 132 valence electrons. The van der Waals surface area contributed by atoms with Crippen molar-refractivity contribution in [2.45, 2.75) is 71.5 Å². The second-order valence-electron chi connectivity index (χ2n) is 6.75. The molecule has 1 aliphatic rings. The average molecular weight is 326 g/mol. The van der Waals surface area contributed by atoms with Crippen LogP contribution in [0, 0.1) is 5.41 Å². The van der Waals surface area contributed by atoms with Gasteiger partial charge in [-0.2, -0.15) is 0 Å². The molecule has 1 heterocycles. The molecule has 0 aromatic heterocycles. The van der Waals surface area contributed by atoms with Gasteiger partial charge in [-0.25, -0.2) is 4.79 Å². The summed E-state index contributed by atoms with van der Waals surface area (Å²) in [6, 6.07) is 0. The lowest BCUT2D eigenvalue weighted by molar-refractivity contribution is -0.169. The smallest absolute Gasteiger partial charge is 0.330 e. The molecule has 0 bridgehead atoms. The molecule has 3 atom stereocenters. The molecular weight excluding hydrogens is 296 g/mol. The van der Waals surface area contributed by atoms with E-state index in [1.165, 1.54) is 0 Å². The van der Waals surface area contributed by atoms with Crippen LogP contribution in [0.4, 0.5) is 0 Å². The second-order valence-corrected chi connectivity index (χ2v) is 6.75. The summed E-state index contributed by atoms with van der Waals surface area (Å²) in [6.45, 7) is 12.0. The highest BCUT2D eigenvalue weighted by Crippen LogP contribution is 2.37. The van der Waals surface area contributed by atoms with Gasteiger partial charge in [-0.05, 0) is 39.5 Å². The highest BCUT2D eigenvalue weighted by Gasteiger charge is 2.42. The van der Waals surface area contributed by atoms with Crippen LogP contribution in [0.15, 0.2) is 12.7 Å². The van der Waals surface area contributed by atoms with Crippen LogP contribution in [0.3, 0.4) is 0 Å². The van der Waals surface area contributed by atoms with Gasteiger partial charge >= 0.3 is 11.9 Å². The van der Waals surface area contributed by atoms with Gasteiger partial charge in [0, 0.05) is 19.1 Å². The van der Waals surface area contributed by atoms with Crippen LogP contribution < -0.4 is 0 Å². The SMILES string of the molecule is C=CC(=O)OC(C)(CC)CC(C)(CC)C(=O)OCC1CCCO1. The molecule has 1 saturated heterocycles. The summed E-state index contributed by atoms with van der Waals surface area (Å²) in [6.07, 6.45) is 4.73. The molecule has 1 rings (SSSR count). The van der Waals surface area contributed by atoms with Crippen molar-refractivity contribution in [2.24, 2.45) is 5.41 Å². The molecule has 0 spiro atoms. The molecule has 1 aliphatic heterocycles. The third-order valence-electron chi connectivity index (χ3n) is 4.72. The van der Waals surface area contributed by atoms with Crippen LogP contribution in [0.1, 0.15) is 59.8 Å². The first-order valence-electron chi connectivity index (χ1n) is 8.43. The Labute approximate surface area is 139 Å². The van der Waals surface area contributed by atoms with E-state index in [4.69, 9.17) is 14.2 Å². The molecule has 0 amide bonds. The number of carbonyl (C=O) groups is 2. The van der Waals surface area contributed by atoms with Crippen molar-refractivity contribution >= 4 is 11.9 Å². The minimum atomic E-state index is -0.723. The quantitative estimate of drug-likeness (QED) is 0.480. The van der Waals surface area contributed by atoms with Gasteiger partial charge in [0.05, 0.1) is 11.5 Å². The predicted octanol–water partition coefficient (Wildman–Crippen LogP) is 3.41. The summed E-state index contributed by atoms with van der Waals surface area (Å²) < 4.78 is 16.4. The Morgan fingerprint density at radius 1 is 1.30 bits per heavy atom. The Balaban J connectivity index is 2.70. The van der Waals surface area contributed by atoms with E-state index < -0.39 is 17.0 Å². The topological polar surface area (TPSA) is 61.8 Å². The molecule has 3 unspecified atom stereocenters. The molecule has 5 nitrogen and oxygen atoms in total. The summed E-state index contributed by atoms with van der Waals surface area (Å²) in [5.41, 5.74) is -1.43. The zero-order chi connectivity index (χ0) is 17.5. The van der Waals surface area contributed by atoms with Crippen LogP contribution in [0.5, 0.6) is 0 Å². The van der Waals surface area contributed by atoms with Crippen molar-refractivity contribution in [1.82, 2.24) is 0 Å². The van der Waals surface area contributed by atoms with Crippen molar-refractivity contribution in [2.75, 3.05) is 13.2 Å². The van der Waals surface area contributed by atoms with Gasteiger partial charge in [0.25, 0.3) is 0 Å². The van der Waals surface area contributed by atoms with Gasteiger partial charge in [0.15, 0.2) is 0 Å². The Hall–Kier alpha value is -1.36. The largest absolute Gasteiger partial charge is 0.463 e. The maximum Gasteiger partial charge on any atom is 0.330 e. The molecule has 5 heteroatoms. The number of hydrogen-bond acceptors (Lipinski definition) is 5. The van der Waals surface area contributed by atoms with Crippen molar-refractivity contribution < 1.29 is 23.8 Å². The fraction of sp³-hybridized carbons (Fsp3) is 0.778. The van der Waals surface area contributed by atoms with Crippen LogP contribution in [0.25, 0.3) is 0 Å². The van der Waals surface area contributed by atoms with Crippen LogP contribution in [0.2, 0.25) is 0 Å². The van der Waals surface area contributed by atoms with Crippen molar-refractivity contribution in [3.63, 3.8) is 0 Å². The van der Waals surface area contributed by atoms with Crippen LogP contribution in [-0.4, -0.2) is 36.9 Å². The van der Waals surface area contributed by atoms with E-state index in [9.17, 15) is 9.59 Å². The number of hydrogen-bond donors (Lipinski definition) is 0. The molecular formula is C18H30O5. The molecule has 1 fully saturated rings. The zero-order valence-electron chi connectivity index (χ0n) is 14.9. The molecule has 0 radical (unpaired) electrons. The maximum absolute atomic E-state index is 12.6. The van der Waals surface area contributed by atoms with Crippen molar-refractivity contribution in [1.29, 1.82) is 0 Å². The highest BCUT2D eigenvalue weighted by molar-refractivity contribution is 5.81. The molecule has 0 aromatic carbocycles. The van der Waals surface area contributed by atoms with Gasteiger partial charge in [-0.15, -0.1) is 0 Å². The summed E-state index contributed by atoms with van der Waals surface area (Å²) >= 11 is 0. The van der Waals surface area contributed by atoms with Crippen molar-refractivity contribution in [3.05, 3.63) is 12.7 Å². The van der Waals surface area contributed by atoms with Gasteiger partial charge in [-0.3, -0.25) is 4.79 Å². The molecule has 23 heavy (non-hydrogen) atoms. The summed E-state index contributed by atoms with van der Waals surface area (Å²) in [4.78, 5) is 24.1. The van der Waals surface area contributed by atoms with Gasteiger partial charge in [0.2, 0.25) is 0 Å². The van der Waals surface area contributed by atoms with Gasteiger partial charge in [-0.1, -0.05) is 20.4 Å². The number of esters is 2. The van der Waals surface area contributed by atoms with E-state index in [0.29, 0.717) is 25.9 Å². The van der Waals surface area contributed by atoms with E-state index in [1.807, 2.05) is 27.7 Å². The Morgan fingerprint density at radius 2 is 2.00 bits per heavy atom. The first kappa shape index (κ1) is 19.7. The zero-order valence-corrected chi connectivity index (χ0v) is 14.9. The summed E-state index contributed by atoms with van der Waals surface area (Å²) in [5, 5.41) is 0. The number of ether oxygens (including phenoxy) is 3. The Kier molecular flexibility index (Phi) is 7.26. The van der Waals surface area contributed by atoms with E-state index in [2.05, 4.69) is 6.58 Å². The fourth-order valence-electron chi connectivity index (χ4n) is 2.80. The Morgan fingerprint density at radius 3 is 2.48 bits per heavy atom. The van der Waals surface area contributed by atoms with E-state index >= 15 is 0 Å². The summed E-state index contributed by atoms with van der Waals surface area (Å²) in [5.74, 6) is -0.731. The fourth-order valence-corrected chi connectivity index (χ4v) is 2.80. The monoisotopic (exact) mass is 326 g/mol. The van der Waals surface area contributed by atoms with Crippen LogP contribution in [-0.2, 0) is 23.8 Å². The highest BCUT2D eigenvalue weighted by atomic mass is 16.6.